The molecule has 0 N–H and O–H groups in total. The van der Waals surface area contributed by atoms with E-state index in [0.717, 1.165) is 12.8 Å². The average Bonchev–Trinajstić information content (AvgIpc) is 2.63. The van der Waals surface area contributed by atoms with E-state index < -0.39 is 13.9 Å². The summed E-state index contributed by atoms with van der Waals surface area (Å²) in [5, 5.41) is 0. The summed E-state index contributed by atoms with van der Waals surface area (Å²) in [6.07, 6.45) is 17.9. The van der Waals surface area contributed by atoms with Crippen molar-refractivity contribution in [2.45, 2.75) is 103 Å². The molecule has 0 aromatic heterocycles. The number of hydrogen-bond donors (Lipinski definition) is 0. The first-order chi connectivity index (χ1) is 13.0. The van der Waals surface area contributed by atoms with E-state index in [1.807, 2.05) is 0 Å². The van der Waals surface area contributed by atoms with E-state index in [0.29, 0.717) is 6.61 Å². The van der Waals surface area contributed by atoms with E-state index in [9.17, 15) is 14.4 Å². The molecule has 1 atom stereocenters. The zero-order valence-corrected chi connectivity index (χ0v) is 24.4. The van der Waals surface area contributed by atoms with Gasteiger partial charge in [-0.05, 0) is 6.42 Å². The molecule has 0 aliphatic carbocycles. The molecule has 29 heavy (non-hydrogen) atoms. The second-order valence-electron chi connectivity index (χ2n) is 7.27. The van der Waals surface area contributed by atoms with Crippen molar-refractivity contribution >= 4 is 7.82 Å². The number of rotatable bonds is 21. The Kier molecular flexibility index (Phi) is 32.3. The van der Waals surface area contributed by atoms with Crippen molar-refractivity contribution < 1.29 is 87.5 Å². The SMILES string of the molecule is CCCCCCCCCCCCCCCCOCC(COP(=O)([O-])[O-])OC.[Na+].[Na+]. The molecule has 0 saturated heterocycles. The predicted octanol–water partition coefficient (Wildman–Crippen LogP) is -1.65. The monoisotopic (exact) mass is 454 g/mol. The van der Waals surface area contributed by atoms with Gasteiger partial charge in [-0.25, -0.2) is 0 Å². The first kappa shape index (κ1) is 35.6. The van der Waals surface area contributed by atoms with Crippen molar-refractivity contribution in [1.82, 2.24) is 0 Å². The smallest absolute Gasteiger partial charge is 0.790 e. The van der Waals surface area contributed by atoms with Gasteiger partial charge in [-0.15, -0.1) is 0 Å². The van der Waals surface area contributed by atoms with Crippen molar-refractivity contribution in [3.63, 3.8) is 0 Å². The topological polar surface area (TPSA) is 90.9 Å². The minimum Gasteiger partial charge on any atom is -0.790 e. The molecule has 164 valence electrons. The summed E-state index contributed by atoms with van der Waals surface area (Å²) < 4.78 is 25.1. The maximum Gasteiger partial charge on any atom is 1.00 e. The fourth-order valence-corrected chi connectivity index (χ4v) is 3.32. The Morgan fingerprint density at radius 3 is 1.52 bits per heavy atom. The number of hydrogen-bond acceptors (Lipinski definition) is 6. The van der Waals surface area contributed by atoms with Crippen LogP contribution in [0.3, 0.4) is 0 Å². The first-order valence-corrected chi connectivity index (χ1v) is 12.2. The molecule has 6 nitrogen and oxygen atoms in total. The molecule has 0 heterocycles. The fraction of sp³-hybridized carbons (Fsp3) is 1.00. The molecule has 1 unspecified atom stereocenters. The third-order valence-corrected chi connectivity index (χ3v) is 5.16. The van der Waals surface area contributed by atoms with Crippen molar-refractivity contribution in [2.75, 3.05) is 26.9 Å². The van der Waals surface area contributed by atoms with Crippen LogP contribution in [0.25, 0.3) is 0 Å². The number of unbranched alkanes of at least 4 members (excludes halogenated alkanes) is 13. The van der Waals surface area contributed by atoms with Gasteiger partial charge in [0.1, 0.15) is 6.10 Å². The molecule has 9 heteroatoms. The summed E-state index contributed by atoms with van der Waals surface area (Å²) in [4.78, 5) is 20.9. The maximum absolute atomic E-state index is 10.4. The van der Waals surface area contributed by atoms with Gasteiger partial charge >= 0.3 is 59.1 Å². The third-order valence-electron chi connectivity index (χ3n) is 4.70. The van der Waals surface area contributed by atoms with Crippen molar-refractivity contribution in [3.8, 4) is 0 Å². The molecule has 0 aliphatic rings. The summed E-state index contributed by atoms with van der Waals surface area (Å²) in [7, 11) is -3.51. The minimum atomic E-state index is -4.94. The van der Waals surface area contributed by atoms with Crippen LogP contribution in [0, 0.1) is 0 Å². The van der Waals surface area contributed by atoms with Gasteiger partial charge in [0, 0.05) is 13.7 Å². The van der Waals surface area contributed by atoms with Gasteiger partial charge in [0.2, 0.25) is 0 Å². The maximum atomic E-state index is 10.4. The fourth-order valence-electron chi connectivity index (χ4n) is 2.97. The van der Waals surface area contributed by atoms with E-state index in [1.165, 1.54) is 84.2 Å². The standard InChI is InChI=1S/C20H43O6P.2Na/c1-3-4-5-6-7-8-9-10-11-12-13-14-15-16-17-25-18-20(24-2)19-26-27(21,22)23;;/h20H,3-19H2,1-2H3,(H2,21,22,23);;/q;2*+1/p-2. The second kappa shape index (κ2) is 26.3. The zero-order chi connectivity index (χ0) is 20.2. The van der Waals surface area contributed by atoms with Gasteiger partial charge in [0.15, 0.2) is 0 Å². The number of phosphoric acid groups is 1. The molecule has 0 fully saturated rings. The average molecular weight is 454 g/mol. The number of ether oxygens (including phenoxy) is 2. The predicted molar refractivity (Wildman–Crippen MR) is 105 cm³/mol. The molecule has 0 spiro atoms. The summed E-state index contributed by atoms with van der Waals surface area (Å²) in [6, 6.07) is 0. The molecule has 0 aromatic rings. The Morgan fingerprint density at radius 2 is 1.14 bits per heavy atom. The van der Waals surface area contributed by atoms with E-state index in [2.05, 4.69) is 11.4 Å². The van der Waals surface area contributed by atoms with Crippen LogP contribution in [-0.4, -0.2) is 33.0 Å². The summed E-state index contributed by atoms with van der Waals surface area (Å²) in [5.41, 5.74) is 0. The van der Waals surface area contributed by atoms with Gasteiger partial charge < -0.3 is 28.3 Å². The molecule has 0 radical (unpaired) electrons. The van der Waals surface area contributed by atoms with Crippen molar-refractivity contribution in [3.05, 3.63) is 0 Å². The van der Waals surface area contributed by atoms with Crippen LogP contribution in [0.5, 0.6) is 0 Å². The molecule has 0 amide bonds. The van der Waals surface area contributed by atoms with Crippen LogP contribution in [0.2, 0.25) is 0 Å². The van der Waals surface area contributed by atoms with Gasteiger partial charge in [0.25, 0.3) is 0 Å². The minimum absolute atomic E-state index is 0. The van der Waals surface area contributed by atoms with E-state index in [4.69, 9.17) is 9.47 Å². The van der Waals surface area contributed by atoms with E-state index in [1.54, 1.807) is 0 Å². The molecule has 0 bridgehead atoms. The van der Waals surface area contributed by atoms with Gasteiger partial charge in [-0.3, -0.25) is 0 Å². The van der Waals surface area contributed by atoms with Gasteiger partial charge in [-0.1, -0.05) is 90.4 Å². The van der Waals surface area contributed by atoms with Gasteiger partial charge in [-0.2, -0.15) is 0 Å². The molecular weight excluding hydrogens is 413 g/mol. The Bertz CT molecular complexity index is 358. The molecular formula is C20H41Na2O6P. The molecule has 0 aromatic carbocycles. The second-order valence-corrected chi connectivity index (χ2v) is 8.42. The number of methoxy groups -OCH3 is 1. The van der Waals surface area contributed by atoms with Crippen molar-refractivity contribution in [1.29, 1.82) is 0 Å². The van der Waals surface area contributed by atoms with Crippen LogP contribution in [0.15, 0.2) is 0 Å². The Hall–Kier alpha value is 2.03. The Morgan fingerprint density at radius 1 is 0.724 bits per heavy atom. The Balaban J connectivity index is -0.00000338. The van der Waals surface area contributed by atoms with E-state index in [-0.39, 0.29) is 72.3 Å². The zero-order valence-electron chi connectivity index (χ0n) is 19.5. The summed E-state index contributed by atoms with van der Waals surface area (Å²) in [6.45, 7) is 2.81. The quantitative estimate of drug-likeness (QED) is 0.117. The third kappa shape index (κ3) is 30.0. The van der Waals surface area contributed by atoms with Crippen LogP contribution < -0.4 is 68.9 Å². The van der Waals surface area contributed by atoms with Crippen LogP contribution in [0.1, 0.15) is 96.8 Å². The van der Waals surface area contributed by atoms with Crippen LogP contribution >= 0.6 is 7.82 Å². The van der Waals surface area contributed by atoms with E-state index >= 15 is 0 Å². The molecule has 0 saturated carbocycles. The summed E-state index contributed by atoms with van der Waals surface area (Å²) >= 11 is 0. The molecule has 0 aliphatic heterocycles. The van der Waals surface area contributed by atoms with Gasteiger partial charge in [0.05, 0.1) is 21.0 Å². The Labute approximate surface area is 223 Å². The van der Waals surface area contributed by atoms with Crippen LogP contribution in [0.4, 0.5) is 0 Å². The largest absolute Gasteiger partial charge is 1.00 e. The normalized spacial score (nSPS) is 12.3. The van der Waals surface area contributed by atoms with Crippen LogP contribution in [-0.2, 0) is 18.6 Å². The number of phosphoric ester groups is 1. The van der Waals surface area contributed by atoms with Crippen molar-refractivity contribution in [2.24, 2.45) is 0 Å². The molecule has 0 rings (SSSR count). The summed E-state index contributed by atoms with van der Waals surface area (Å²) in [5.74, 6) is 0. The first-order valence-electron chi connectivity index (χ1n) is 10.8.